The number of non-ortho nitro benzene ring substituents is 1. The van der Waals surface area contributed by atoms with Crippen molar-refractivity contribution in [3.05, 3.63) is 51.4 Å². The molecule has 0 saturated carbocycles. The van der Waals surface area contributed by atoms with Crippen molar-refractivity contribution in [3.8, 4) is 0 Å². The molecule has 1 saturated heterocycles. The van der Waals surface area contributed by atoms with E-state index in [1.165, 1.54) is 12.1 Å². The first-order chi connectivity index (χ1) is 12.0. The van der Waals surface area contributed by atoms with E-state index in [2.05, 4.69) is 10.1 Å². The topological polar surface area (TPSA) is 92.7 Å². The molecule has 1 aliphatic rings. The number of nitro groups is 1. The van der Waals surface area contributed by atoms with Crippen molar-refractivity contribution in [2.45, 2.75) is 20.3 Å². The summed E-state index contributed by atoms with van der Waals surface area (Å²) >= 11 is 0. The van der Waals surface area contributed by atoms with Gasteiger partial charge in [0.15, 0.2) is 0 Å². The first-order valence-corrected chi connectivity index (χ1v) is 8.14. The predicted molar refractivity (Wildman–Crippen MR) is 91.6 cm³/mol. The van der Waals surface area contributed by atoms with Gasteiger partial charge in [-0.1, -0.05) is 5.16 Å². The van der Waals surface area contributed by atoms with Crippen molar-refractivity contribution in [1.82, 2.24) is 10.1 Å². The molecule has 1 aliphatic heterocycles. The molecule has 0 spiro atoms. The highest BCUT2D eigenvalue weighted by Crippen LogP contribution is 2.21. The molecular weight excluding hydrogens is 324 g/mol. The van der Waals surface area contributed by atoms with Gasteiger partial charge in [0.25, 0.3) is 5.69 Å². The van der Waals surface area contributed by atoms with Crippen molar-refractivity contribution in [1.29, 1.82) is 0 Å². The van der Waals surface area contributed by atoms with Gasteiger partial charge in [-0.15, -0.1) is 0 Å². The zero-order valence-corrected chi connectivity index (χ0v) is 14.3. The normalized spacial score (nSPS) is 14.6. The van der Waals surface area contributed by atoms with Gasteiger partial charge >= 0.3 is 0 Å². The third-order valence-corrected chi connectivity index (χ3v) is 4.57. The Labute approximate surface area is 145 Å². The Morgan fingerprint density at radius 1 is 1.20 bits per heavy atom. The maximum Gasteiger partial charge on any atom is 0.269 e. The molecule has 2 aromatic rings. The summed E-state index contributed by atoms with van der Waals surface area (Å²) in [6, 6.07) is 6.51. The lowest BCUT2D eigenvalue weighted by molar-refractivity contribution is -0.384. The number of hydrogen-bond donors (Lipinski definition) is 0. The Bertz CT molecular complexity index is 757. The summed E-state index contributed by atoms with van der Waals surface area (Å²) in [5.41, 5.74) is 2.64. The quantitative estimate of drug-likeness (QED) is 0.623. The van der Waals surface area contributed by atoms with E-state index in [9.17, 15) is 14.9 Å². The van der Waals surface area contributed by atoms with Gasteiger partial charge in [0, 0.05) is 49.6 Å². The summed E-state index contributed by atoms with van der Waals surface area (Å²) in [6.45, 7) is 6.30. The fourth-order valence-corrected chi connectivity index (χ4v) is 3.02. The smallest absolute Gasteiger partial charge is 0.269 e. The number of benzene rings is 1. The molecule has 1 amide bonds. The number of nitrogens with zero attached hydrogens (tertiary/aromatic N) is 4. The third-order valence-electron chi connectivity index (χ3n) is 4.57. The Balaban J connectivity index is 1.58. The van der Waals surface area contributed by atoms with Crippen LogP contribution in [0.3, 0.4) is 0 Å². The molecule has 0 atom stereocenters. The molecule has 8 heteroatoms. The Morgan fingerprint density at radius 3 is 2.36 bits per heavy atom. The van der Waals surface area contributed by atoms with Crippen LogP contribution in [0.25, 0.3) is 0 Å². The maximum atomic E-state index is 12.5. The van der Waals surface area contributed by atoms with E-state index in [1.54, 1.807) is 12.1 Å². The van der Waals surface area contributed by atoms with Crippen LogP contribution in [0.5, 0.6) is 0 Å². The Kier molecular flexibility index (Phi) is 4.69. The van der Waals surface area contributed by atoms with E-state index in [0.717, 1.165) is 16.9 Å². The van der Waals surface area contributed by atoms with Gasteiger partial charge in [-0.2, -0.15) is 0 Å². The van der Waals surface area contributed by atoms with Crippen LogP contribution in [0.2, 0.25) is 0 Å². The molecular formula is C17H20N4O4. The van der Waals surface area contributed by atoms with Crippen LogP contribution in [-0.4, -0.2) is 47.1 Å². The third kappa shape index (κ3) is 3.62. The van der Waals surface area contributed by atoms with Gasteiger partial charge in [0.1, 0.15) is 5.76 Å². The second-order valence-electron chi connectivity index (χ2n) is 6.12. The summed E-state index contributed by atoms with van der Waals surface area (Å²) < 4.78 is 5.11. The number of piperazine rings is 1. The fourth-order valence-electron chi connectivity index (χ4n) is 3.02. The molecule has 8 nitrogen and oxygen atoms in total. The molecule has 1 aromatic carbocycles. The average molecular weight is 344 g/mol. The molecule has 1 aromatic heterocycles. The maximum absolute atomic E-state index is 12.5. The molecule has 132 valence electrons. The van der Waals surface area contributed by atoms with Gasteiger partial charge in [-0.25, -0.2) is 0 Å². The lowest BCUT2D eigenvalue weighted by Crippen LogP contribution is -2.49. The van der Waals surface area contributed by atoms with Gasteiger partial charge in [-0.05, 0) is 26.0 Å². The van der Waals surface area contributed by atoms with Crippen LogP contribution in [0, 0.1) is 24.0 Å². The van der Waals surface area contributed by atoms with Crippen LogP contribution in [0.4, 0.5) is 11.4 Å². The van der Waals surface area contributed by atoms with Gasteiger partial charge < -0.3 is 14.3 Å². The number of aryl methyl sites for hydroxylation is 2. The number of rotatable bonds is 4. The first kappa shape index (κ1) is 16.9. The zero-order valence-electron chi connectivity index (χ0n) is 14.3. The van der Waals surface area contributed by atoms with Crippen LogP contribution in [-0.2, 0) is 11.2 Å². The van der Waals surface area contributed by atoms with Crippen molar-refractivity contribution in [2.24, 2.45) is 0 Å². The molecule has 2 heterocycles. The number of anilines is 1. The minimum atomic E-state index is -0.408. The van der Waals surface area contributed by atoms with Crippen molar-refractivity contribution < 1.29 is 14.2 Å². The van der Waals surface area contributed by atoms with E-state index in [-0.39, 0.29) is 11.6 Å². The monoisotopic (exact) mass is 344 g/mol. The highest BCUT2D eigenvalue weighted by atomic mass is 16.6. The minimum Gasteiger partial charge on any atom is -0.368 e. The van der Waals surface area contributed by atoms with Crippen molar-refractivity contribution in [3.63, 3.8) is 0 Å². The molecule has 0 aliphatic carbocycles. The van der Waals surface area contributed by atoms with Crippen molar-refractivity contribution >= 4 is 17.3 Å². The highest BCUT2D eigenvalue weighted by Gasteiger charge is 2.23. The second-order valence-corrected chi connectivity index (χ2v) is 6.12. The van der Waals surface area contributed by atoms with Crippen LogP contribution in [0.15, 0.2) is 28.8 Å². The lowest BCUT2D eigenvalue weighted by Gasteiger charge is -2.36. The van der Waals surface area contributed by atoms with E-state index < -0.39 is 4.92 Å². The largest absolute Gasteiger partial charge is 0.368 e. The molecule has 0 radical (unpaired) electrons. The highest BCUT2D eigenvalue weighted by molar-refractivity contribution is 5.79. The summed E-state index contributed by atoms with van der Waals surface area (Å²) in [5.74, 6) is 0.758. The summed E-state index contributed by atoms with van der Waals surface area (Å²) in [4.78, 5) is 26.8. The van der Waals surface area contributed by atoms with E-state index in [0.29, 0.717) is 38.4 Å². The van der Waals surface area contributed by atoms with Gasteiger partial charge in [0.05, 0.1) is 17.0 Å². The summed E-state index contributed by atoms with van der Waals surface area (Å²) in [6.07, 6.45) is 0.304. The molecule has 0 unspecified atom stereocenters. The Hall–Kier alpha value is -2.90. The zero-order chi connectivity index (χ0) is 18.0. The lowest BCUT2D eigenvalue weighted by atomic mass is 10.1. The number of aromatic nitrogens is 1. The summed E-state index contributed by atoms with van der Waals surface area (Å²) in [7, 11) is 0. The number of carbonyl (C=O) groups excluding carboxylic acids is 1. The molecule has 25 heavy (non-hydrogen) atoms. The number of nitro benzene ring substituents is 1. The average Bonchev–Trinajstić information content (AvgIpc) is 2.94. The van der Waals surface area contributed by atoms with Crippen molar-refractivity contribution in [2.75, 3.05) is 31.1 Å². The number of amides is 1. The fraction of sp³-hybridized carbons (Fsp3) is 0.412. The summed E-state index contributed by atoms with van der Waals surface area (Å²) in [5, 5.41) is 14.6. The molecule has 0 N–H and O–H groups in total. The first-order valence-electron chi connectivity index (χ1n) is 8.14. The van der Waals surface area contributed by atoms with E-state index >= 15 is 0 Å². The molecule has 0 bridgehead atoms. The van der Waals surface area contributed by atoms with E-state index in [1.807, 2.05) is 18.7 Å². The molecule has 1 fully saturated rings. The number of hydrogen-bond acceptors (Lipinski definition) is 6. The SMILES string of the molecule is Cc1noc(C)c1CC(=O)N1CCN(c2ccc([N+](=O)[O-])cc2)CC1. The predicted octanol–water partition coefficient (Wildman–Crippen LogP) is 2.09. The van der Waals surface area contributed by atoms with Crippen LogP contribution >= 0.6 is 0 Å². The van der Waals surface area contributed by atoms with Crippen LogP contribution in [0.1, 0.15) is 17.0 Å². The Morgan fingerprint density at radius 2 is 1.84 bits per heavy atom. The standard InChI is InChI=1S/C17H20N4O4/c1-12-16(13(2)25-18-12)11-17(22)20-9-7-19(8-10-20)14-3-5-15(6-4-14)21(23)24/h3-6H,7-11H2,1-2H3. The van der Waals surface area contributed by atoms with Gasteiger partial charge in [-0.3, -0.25) is 14.9 Å². The second kappa shape index (κ2) is 6.92. The van der Waals surface area contributed by atoms with Crippen LogP contribution < -0.4 is 4.90 Å². The van der Waals surface area contributed by atoms with Gasteiger partial charge in [0.2, 0.25) is 5.91 Å². The number of carbonyl (C=O) groups is 1. The minimum absolute atomic E-state index is 0.0674. The molecule has 3 rings (SSSR count). The van der Waals surface area contributed by atoms with E-state index in [4.69, 9.17) is 4.52 Å².